The maximum absolute atomic E-state index is 13.3. The molecule has 3 aliphatic carbocycles. The number of ether oxygens (including phenoxy) is 1. The van der Waals surface area contributed by atoms with Crippen LogP contribution in [0.3, 0.4) is 0 Å². The topological polar surface area (TPSA) is 67.4 Å². The molecule has 4 aliphatic rings. The van der Waals surface area contributed by atoms with Crippen molar-refractivity contribution in [3.05, 3.63) is 65.5 Å². The van der Waals surface area contributed by atoms with Gasteiger partial charge < -0.3 is 15.4 Å². The van der Waals surface area contributed by atoms with Crippen molar-refractivity contribution in [3.8, 4) is 5.75 Å². The van der Waals surface area contributed by atoms with E-state index < -0.39 is 5.72 Å². The van der Waals surface area contributed by atoms with Gasteiger partial charge in [-0.25, -0.2) is 4.39 Å². The van der Waals surface area contributed by atoms with Gasteiger partial charge in [0.25, 0.3) is 5.91 Å². The molecular formula is C23H23FN2O3. The second-order valence-corrected chi connectivity index (χ2v) is 8.37. The van der Waals surface area contributed by atoms with Gasteiger partial charge in [0, 0.05) is 24.8 Å². The quantitative estimate of drug-likeness (QED) is 0.839. The molecule has 1 spiro atoms. The van der Waals surface area contributed by atoms with Crippen LogP contribution in [-0.4, -0.2) is 17.5 Å². The number of halogens is 1. The number of carbonyl (C=O) groups is 2. The smallest absolute Gasteiger partial charge is 0.258 e. The van der Waals surface area contributed by atoms with Crippen LogP contribution in [0, 0.1) is 23.6 Å². The Bertz CT molecular complexity index is 978. The van der Waals surface area contributed by atoms with E-state index in [1.807, 2.05) is 18.2 Å². The van der Waals surface area contributed by atoms with E-state index in [0.29, 0.717) is 30.7 Å². The summed E-state index contributed by atoms with van der Waals surface area (Å²) >= 11 is 0. The first-order chi connectivity index (χ1) is 14.0. The summed E-state index contributed by atoms with van der Waals surface area (Å²) in [5.74, 6) is 0.350. The van der Waals surface area contributed by atoms with Gasteiger partial charge in [0.15, 0.2) is 5.72 Å². The molecule has 1 heterocycles. The normalized spacial score (nSPS) is 29.7. The molecule has 1 aliphatic heterocycles. The first-order valence-corrected chi connectivity index (χ1v) is 10.2. The predicted octanol–water partition coefficient (Wildman–Crippen LogP) is 3.40. The standard InChI is InChI=1S/C23H23FN2O3/c24-17-5-3-4-14(10-17)13-25-21(27)19-11-16-9-8-15(19)12-23(16)26-22(28)18-6-1-2-7-20(18)29-23/h1-7,10,15-16,19H,8-9,11-13H2,(H,25,27)(H,26,28)/t15-,16+,19-,23+/m1/s1. The first kappa shape index (κ1) is 18.2. The highest BCUT2D eigenvalue weighted by Gasteiger charge is 2.57. The second-order valence-electron chi connectivity index (χ2n) is 8.37. The predicted molar refractivity (Wildman–Crippen MR) is 104 cm³/mol. The van der Waals surface area contributed by atoms with Gasteiger partial charge in [-0.05, 0) is 55.0 Å². The van der Waals surface area contributed by atoms with Crippen molar-refractivity contribution in [1.29, 1.82) is 0 Å². The van der Waals surface area contributed by atoms with Crippen molar-refractivity contribution in [2.75, 3.05) is 0 Å². The lowest BCUT2D eigenvalue weighted by molar-refractivity contribution is -0.146. The average Bonchev–Trinajstić information content (AvgIpc) is 2.72. The van der Waals surface area contributed by atoms with Crippen LogP contribution in [0.4, 0.5) is 4.39 Å². The Kier molecular flexibility index (Phi) is 4.30. The minimum absolute atomic E-state index is 0.00125. The van der Waals surface area contributed by atoms with Crippen LogP contribution in [0.25, 0.3) is 0 Å². The lowest BCUT2D eigenvalue weighted by atomic mass is 9.60. The van der Waals surface area contributed by atoms with Crippen molar-refractivity contribution < 1.29 is 18.7 Å². The molecule has 2 aromatic carbocycles. The molecule has 2 aromatic rings. The van der Waals surface area contributed by atoms with Gasteiger partial charge in [-0.3, -0.25) is 9.59 Å². The van der Waals surface area contributed by atoms with Crippen LogP contribution < -0.4 is 15.4 Å². The minimum atomic E-state index is -0.715. The summed E-state index contributed by atoms with van der Waals surface area (Å²) in [5, 5.41) is 6.07. The number of para-hydroxylation sites is 1. The van der Waals surface area contributed by atoms with E-state index in [9.17, 15) is 14.0 Å². The molecule has 0 radical (unpaired) electrons. The summed E-state index contributed by atoms with van der Waals surface area (Å²) in [6.45, 7) is 0.316. The third-order valence-electron chi connectivity index (χ3n) is 6.66. The average molecular weight is 394 g/mol. The number of carbonyl (C=O) groups excluding carboxylic acids is 2. The summed E-state index contributed by atoms with van der Waals surface area (Å²) in [5.41, 5.74) is 0.590. The van der Waals surface area contributed by atoms with Crippen LogP contribution in [0.15, 0.2) is 48.5 Å². The number of amides is 2. The van der Waals surface area contributed by atoms with Gasteiger partial charge in [-0.2, -0.15) is 0 Å². The van der Waals surface area contributed by atoms with E-state index in [1.165, 1.54) is 12.1 Å². The van der Waals surface area contributed by atoms with E-state index >= 15 is 0 Å². The Labute approximate surface area is 168 Å². The van der Waals surface area contributed by atoms with E-state index in [1.54, 1.807) is 18.2 Å². The molecule has 2 bridgehead atoms. The molecular weight excluding hydrogens is 371 g/mol. The molecule has 150 valence electrons. The van der Waals surface area contributed by atoms with Crippen LogP contribution in [0.2, 0.25) is 0 Å². The molecule has 6 rings (SSSR count). The molecule has 4 atom stereocenters. The van der Waals surface area contributed by atoms with E-state index in [0.717, 1.165) is 18.4 Å². The minimum Gasteiger partial charge on any atom is -0.467 e. The van der Waals surface area contributed by atoms with Gasteiger partial charge in [0.2, 0.25) is 5.91 Å². The number of rotatable bonds is 3. The third kappa shape index (κ3) is 3.16. The molecule has 29 heavy (non-hydrogen) atoms. The van der Waals surface area contributed by atoms with E-state index in [-0.39, 0.29) is 35.4 Å². The Balaban J connectivity index is 1.29. The van der Waals surface area contributed by atoms with E-state index in [2.05, 4.69) is 10.6 Å². The van der Waals surface area contributed by atoms with Gasteiger partial charge >= 0.3 is 0 Å². The zero-order valence-corrected chi connectivity index (χ0v) is 16.0. The highest BCUT2D eigenvalue weighted by Crippen LogP contribution is 2.52. The monoisotopic (exact) mass is 394 g/mol. The summed E-state index contributed by atoms with van der Waals surface area (Å²) in [4.78, 5) is 25.5. The van der Waals surface area contributed by atoms with Crippen LogP contribution in [0.1, 0.15) is 41.6 Å². The zero-order valence-electron chi connectivity index (χ0n) is 16.0. The highest BCUT2D eigenvalue weighted by molar-refractivity contribution is 5.98. The summed E-state index contributed by atoms with van der Waals surface area (Å²) < 4.78 is 19.7. The fourth-order valence-electron chi connectivity index (χ4n) is 5.25. The number of fused-ring (bicyclic) bond motifs is 3. The molecule has 0 unspecified atom stereocenters. The molecule has 0 saturated heterocycles. The van der Waals surface area contributed by atoms with Gasteiger partial charge in [-0.1, -0.05) is 24.3 Å². The Morgan fingerprint density at radius 1 is 1.21 bits per heavy atom. The summed E-state index contributed by atoms with van der Waals surface area (Å²) in [6, 6.07) is 13.6. The summed E-state index contributed by atoms with van der Waals surface area (Å²) in [6.07, 6.45) is 3.20. The Morgan fingerprint density at radius 2 is 2.07 bits per heavy atom. The van der Waals surface area contributed by atoms with Gasteiger partial charge in [-0.15, -0.1) is 0 Å². The Morgan fingerprint density at radius 3 is 2.86 bits per heavy atom. The molecule has 5 nitrogen and oxygen atoms in total. The number of benzene rings is 2. The van der Waals surface area contributed by atoms with Crippen molar-refractivity contribution in [2.45, 2.75) is 38.0 Å². The fourth-order valence-corrected chi connectivity index (χ4v) is 5.25. The molecule has 6 heteroatoms. The highest BCUT2D eigenvalue weighted by atomic mass is 19.1. The number of hydrogen-bond acceptors (Lipinski definition) is 3. The van der Waals surface area contributed by atoms with Crippen LogP contribution in [0.5, 0.6) is 5.75 Å². The SMILES string of the molecule is O=C1N[C@@]2(C[C@H]3CC[C@H]2C[C@H]3C(=O)NCc2cccc(F)c2)Oc2ccccc21. The van der Waals surface area contributed by atoms with Crippen molar-refractivity contribution in [1.82, 2.24) is 10.6 Å². The van der Waals surface area contributed by atoms with Crippen molar-refractivity contribution in [3.63, 3.8) is 0 Å². The molecule has 0 aromatic heterocycles. The largest absolute Gasteiger partial charge is 0.467 e. The zero-order chi connectivity index (χ0) is 20.0. The number of hydrogen-bond donors (Lipinski definition) is 2. The maximum Gasteiger partial charge on any atom is 0.258 e. The van der Waals surface area contributed by atoms with Crippen LogP contribution in [-0.2, 0) is 11.3 Å². The number of nitrogens with one attached hydrogen (secondary N) is 2. The second kappa shape index (κ2) is 6.87. The van der Waals surface area contributed by atoms with Gasteiger partial charge in [0.05, 0.1) is 5.56 Å². The van der Waals surface area contributed by atoms with E-state index in [4.69, 9.17) is 4.74 Å². The third-order valence-corrected chi connectivity index (χ3v) is 6.66. The molecule has 2 amide bonds. The van der Waals surface area contributed by atoms with Crippen LogP contribution >= 0.6 is 0 Å². The van der Waals surface area contributed by atoms with Crippen molar-refractivity contribution in [2.24, 2.45) is 17.8 Å². The lowest BCUT2D eigenvalue weighted by Gasteiger charge is -2.55. The van der Waals surface area contributed by atoms with Crippen molar-refractivity contribution >= 4 is 11.8 Å². The molecule has 2 N–H and O–H groups in total. The fraction of sp³-hybridized carbons (Fsp3) is 0.391. The van der Waals surface area contributed by atoms with Gasteiger partial charge in [0.1, 0.15) is 11.6 Å². The first-order valence-electron chi connectivity index (χ1n) is 10.2. The molecule has 3 saturated carbocycles. The Hall–Kier alpha value is -2.89. The summed E-state index contributed by atoms with van der Waals surface area (Å²) in [7, 11) is 0. The molecule has 3 fully saturated rings. The lowest BCUT2D eigenvalue weighted by Crippen LogP contribution is -2.66. The maximum atomic E-state index is 13.3.